The number of nitrogens with one attached hydrogen (secondary N) is 2. The first-order chi connectivity index (χ1) is 7.70. The number of hydrogen-bond donors (Lipinski definition) is 3. The first kappa shape index (κ1) is 11.1. The predicted molar refractivity (Wildman–Crippen MR) is 68.0 cm³/mol. The van der Waals surface area contributed by atoms with Crippen molar-refractivity contribution >= 4 is 27.6 Å². The van der Waals surface area contributed by atoms with E-state index < -0.39 is 0 Å². The van der Waals surface area contributed by atoms with Gasteiger partial charge in [-0.2, -0.15) is 5.10 Å². The highest BCUT2D eigenvalue weighted by molar-refractivity contribution is 9.10. The molecule has 0 aliphatic carbocycles. The minimum absolute atomic E-state index is 0.0199. The van der Waals surface area contributed by atoms with Crippen molar-refractivity contribution in [3.63, 3.8) is 0 Å². The third-order valence-electron chi connectivity index (χ3n) is 2.28. The Morgan fingerprint density at radius 3 is 2.62 bits per heavy atom. The monoisotopic (exact) mass is 281 g/mol. The minimum atomic E-state index is -0.0199. The molecule has 4 N–H and O–H groups in total. The average molecular weight is 282 g/mol. The van der Waals surface area contributed by atoms with Crippen molar-refractivity contribution in [2.75, 3.05) is 0 Å². The van der Waals surface area contributed by atoms with Crippen LogP contribution in [-0.2, 0) is 0 Å². The summed E-state index contributed by atoms with van der Waals surface area (Å²) in [6.45, 7) is 1.97. The summed E-state index contributed by atoms with van der Waals surface area (Å²) >= 11 is 3.40. The number of nitrogens with zero attached hydrogens (tertiary/aromatic N) is 2. The van der Waals surface area contributed by atoms with Crippen molar-refractivity contribution in [3.05, 3.63) is 34.3 Å². The molecule has 5 nitrogen and oxygen atoms in total. The molecule has 84 valence electrons. The summed E-state index contributed by atoms with van der Waals surface area (Å²) in [7, 11) is 0. The summed E-state index contributed by atoms with van der Waals surface area (Å²) in [5.41, 5.74) is 7.13. The summed E-state index contributed by atoms with van der Waals surface area (Å²) in [4.78, 5) is 4.31. The Bertz CT molecular complexity index is 437. The van der Waals surface area contributed by atoms with E-state index >= 15 is 0 Å². The lowest BCUT2D eigenvalue weighted by Crippen LogP contribution is -2.44. The number of hydrazine groups is 1. The molecule has 2 rings (SSSR count). The SMILES string of the molecule is CC1N=C(NN)NN=C1c1ccc(Br)cc1. The van der Waals surface area contributed by atoms with E-state index in [-0.39, 0.29) is 6.04 Å². The highest BCUT2D eigenvalue weighted by atomic mass is 79.9. The van der Waals surface area contributed by atoms with Gasteiger partial charge in [-0.1, -0.05) is 28.1 Å². The summed E-state index contributed by atoms with van der Waals surface area (Å²) in [6.07, 6.45) is 0. The Balaban J connectivity index is 2.24. The minimum Gasteiger partial charge on any atom is -0.293 e. The number of benzene rings is 1. The van der Waals surface area contributed by atoms with Crippen molar-refractivity contribution in [1.82, 2.24) is 10.9 Å². The van der Waals surface area contributed by atoms with Crippen LogP contribution in [0, 0.1) is 0 Å². The largest absolute Gasteiger partial charge is 0.293 e. The maximum Gasteiger partial charge on any atom is 0.227 e. The highest BCUT2D eigenvalue weighted by Gasteiger charge is 2.17. The second kappa shape index (κ2) is 4.63. The molecule has 0 fully saturated rings. The van der Waals surface area contributed by atoms with Crippen molar-refractivity contribution < 1.29 is 0 Å². The Labute approximate surface area is 102 Å². The summed E-state index contributed by atoms with van der Waals surface area (Å²) < 4.78 is 1.04. The van der Waals surface area contributed by atoms with E-state index in [2.05, 4.69) is 36.9 Å². The fourth-order valence-electron chi connectivity index (χ4n) is 1.49. The zero-order valence-electron chi connectivity index (χ0n) is 8.74. The van der Waals surface area contributed by atoms with Crippen molar-refractivity contribution in [2.24, 2.45) is 15.9 Å². The van der Waals surface area contributed by atoms with Crippen LogP contribution < -0.4 is 16.7 Å². The quantitative estimate of drug-likeness (QED) is 0.530. The van der Waals surface area contributed by atoms with E-state index in [9.17, 15) is 0 Å². The van der Waals surface area contributed by atoms with Gasteiger partial charge in [0.25, 0.3) is 0 Å². The topological polar surface area (TPSA) is 74.8 Å². The Kier molecular flexibility index (Phi) is 3.21. The molecule has 1 atom stereocenters. The van der Waals surface area contributed by atoms with Crippen molar-refractivity contribution in [2.45, 2.75) is 13.0 Å². The zero-order valence-corrected chi connectivity index (χ0v) is 10.3. The lowest BCUT2D eigenvalue weighted by Gasteiger charge is -2.18. The number of halogens is 1. The van der Waals surface area contributed by atoms with Crippen LogP contribution in [0.15, 0.2) is 38.8 Å². The molecule has 0 radical (unpaired) electrons. The molecule has 0 bridgehead atoms. The van der Waals surface area contributed by atoms with Crippen LogP contribution >= 0.6 is 15.9 Å². The fraction of sp³-hybridized carbons (Fsp3) is 0.200. The third-order valence-corrected chi connectivity index (χ3v) is 2.81. The van der Waals surface area contributed by atoms with E-state index in [1.54, 1.807) is 0 Å². The van der Waals surface area contributed by atoms with Crippen LogP contribution in [0.4, 0.5) is 0 Å². The smallest absolute Gasteiger partial charge is 0.227 e. The van der Waals surface area contributed by atoms with Gasteiger partial charge in [-0.05, 0) is 19.1 Å². The molecule has 0 saturated heterocycles. The number of hydrogen-bond acceptors (Lipinski definition) is 5. The van der Waals surface area contributed by atoms with E-state index in [0.29, 0.717) is 5.96 Å². The summed E-state index contributed by atoms with van der Waals surface area (Å²) in [5.74, 6) is 5.73. The molecule has 1 aromatic carbocycles. The molecule has 6 heteroatoms. The van der Waals surface area contributed by atoms with Crippen LogP contribution in [-0.4, -0.2) is 17.7 Å². The lowest BCUT2D eigenvalue weighted by molar-refractivity contribution is 0.809. The van der Waals surface area contributed by atoms with Gasteiger partial charge in [0.2, 0.25) is 5.96 Å². The second-order valence-corrected chi connectivity index (χ2v) is 4.33. The Morgan fingerprint density at radius 1 is 1.38 bits per heavy atom. The number of rotatable bonds is 1. The normalized spacial score (nSPS) is 19.6. The predicted octanol–water partition coefficient (Wildman–Crippen LogP) is 0.964. The summed E-state index contributed by atoms with van der Waals surface area (Å²) in [5, 5.41) is 4.24. The lowest BCUT2D eigenvalue weighted by atomic mass is 10.0. The van der Waals surface area contributed by atoms with Crippen molar-refractivity contribution in [1.29, 1.82) is 0 Å². The molecule has 16 heavy (non-hydrogen) atoms. The number of aliphatic imine (C=N–C) groups is 1. The van der Waals surface area contributed by atoms with E-state index in [1.165, 1.54) is 0 Å². The van der Waals surface area contributed by atoms with Gasteiger partial charge in [0.1, 0.15) is 0 Å². The second-order valence-electron chi connectivity index (χ2n) is 3.41. The molecule has 0 saturated carbocycles. The van der Waals surface area contributed by atoms with Gasteiger partial charge in [-0.3, -0.25) is 5.43 Å². The molecule has 0 spiro atoms. The first-order valence-corrected chi connectivity index (χ1v) is 5.64. The number of guanidine groups is 1. The van der Waals surface area contributed by atoms with Gasteiger partial charge in [-0.25, -0.2) is 16.3 Å². The van der Waals surface area contributed by atoms with Crippen LogP contribution in [0.1, 0.15) is 12.5 Å². The van der Waals surface area contributed by atoms with Crippen LogP contribution in [0.5, 0.6) is 0 Å². The maximum absolute atomic E-state index is 5.25. The highest BCUT2D eigenvalue weighted by Crippen LogP contribution is 2.14. The molecule has 0 amide bonds. The molecule has 1 unspecified atom stereocenters. The number of hydrazone groups is 1. The zero-order chi connectivity index (χ0) is 11.5. The van der Waals surface area contributed by atoms with Crippen molar-refractivity contribution in [3.8, 4) is 0 Å². The molecular weight excluding hydrogens is 270 g/mol. The van der Waals surface area contributed by atoms with Crippen LogP contribution in [0.3, 0.4) is 0 Å². The molecule has 1 aliphatic heterocycles. The molecule has 1 aromatic rings. The van der Waals surface area contributed by atoms with E-state index in [0.717, 1.165) is 15.7 Å². The van der Waals surface area contributed by atoms with Crippen LogP contribution in [0.2, 0.25) is 0 Å². The fourth-order valence-corrected chi connectivity index (χ4v) is 1.75. The molecule has 1 aliphatic rings. The van der Waals surface area contributed by atoms with Crippen LogP contribution in [0.25, 0.3) is 0 Å². The van der Waals surface area contributed by atoms with Gasteiger partial charge < -0.3 is 0 Å². The van der Waals surface area contributed by atoms with Gasteiger partial charge in [-0.15, -0.1) is 0 Å². The Morgan fingerprint density at radius 2 is 2.06 bits per heavy atom. The third kappa shape index (κ3) is 2.23. The van der Waals surface area contributed by atoms with Gasteiger partial charge in [0.05, 0.1) is 11.8 Å². The number of nitrogens with two attached hydrogens (primary N) is 1. The van der Waals surface area contributed by atoms with Gasteiger partial charge in [0, 0.05) is 10.0 Å². The standard InChI is InChI=1S/C10H12BrN5/c1-6-9(15-16-10(13-6)14-12)7-2-4-8(11)5-3-7/h2-6H,12H2,1H3,(H2,13,14,16). The van der Waals surface area contributed by atoms with E-state index in [4.69, 9.17) is 5.84 Å². The molecular formula is C10H12BrN5. The Hall–Kier alpha value is -1.40. The van der Waals surface area contributed by atoms with Gasteiger partial charge >= 0.3 is 0 Å². The average Bonchev–Trinajstić information content (AvgIpc) is 2.30. The maximum atomic E-state index is 5.25. The molecule has 1 heterocycles. The first-order valence-electron chi connectivity index (χ1n) is 4.84. The summed E-state index contributed by atoms with van der Waals surface area (Å²) in [6, 6.07) is 7.93. The van der Waals surface area contributed by atoms with E-state index in [1.807, 2.05) is 31.2 Å². The molecule has 0 aromatic heterocycles. The van der Waals surface area contributed by atoms with Gasteiger partial charge in [0.15, 0.2) is 0 Å².